The third-order valence-electron chi connectivity index (χ3n) is 3.16. The minimum Gasteiger partial charge on any atom is -0.492 e. The van der Waals surface area contributed by atoms with Crippen molar-refractivity contribution in [2.24, 2.45) is 0 Å². The molecule has 2 N–H and O–H groups in total. The molecule has 0 radical (unpaired) electrons. The van der Waals surface area contributed by atoms with Gasteiger partial charge in [0, 0.05) is 11.6 Å². The summed E-state index contributed by atoms with van der Waals surface area (Å²) in [7, 11) is 0. The lowest BCUT2D eigenvalue weighted by atomic mass is 10.1. The monoisotopic (exact) mass is 319 g/mol. The van der Waals surface area contributed by atoms with Crippen molar-refractivity contribution in [1.82, 2.24) is 5.32 Å². The molecule has 116 valence electrons. The van der Waals surface area contributed by atoms with Gasteiger partial charge < -0.3 is 15.2 Å². The average molecular weight is 320 g/mol. The summed E-state index contributed by atoms with van der Waals surface area (Å²) in [4.78, 5) is 11.3. The van der Waals surface area contributed by atoms with Crippen molar-refractivity contribution in [1.29, 1.82) is 0 Å². The van der Waals surface area contributed by atoms with E-state index < -0.39 is 12.0 Å². The van der Waals surface area contributed by atoms with Crippen LogP contribution in [0.3, 0.4) is 0 Å². The maximum Gasteiger partial charge on any atom is 0.321 e. The van der Waals surface area contributed by atoms with Gasteiger partial charge in [0.2, 0.25) is 0 Å². The molecule has 0 aliphatic carbocycles. The van der Waals surface area contributed by atoms with Gasteiger partial charge in [-0.25, -0.2) is 0 Å². The summed E-state index contributed by atoms with van der Waals surface area (Å²) in [6, 6.07) is 16.0. The Labute approximate surface area is 134 Å². The fourth-order valence-corrected chi connectivity index (χ4v) is 2.16. The van der Waals surface area contributed by atoms with E-state index in [1.54, 1.807) is 24.3 Å². The molecule has 0 saturated carbocycles. The van der Waals surface area contributed by atoms with Crippen molar-refractivity contribution in [2.45, 2.75) is 12.5 Å². The molecule has 1 atom stereocenters. The van der Waals surface area contributed by atoms with Crippen molar-refractivity contribution in [3.63, 3.8) is 0 Å². The second-order valence-electron chi connectivity index (χ2n) is 4.84. The van der Waals surface area contributed by atoms with Gasteiger partial charge in [0.1, 0.15) is 18.4 Å². The van der Waals surface area contributed by atoms with Gasteiger partial charge in [0.25, 0.3) is 0 Å². The number of nitrogens with one attached hydrogen (secondary N) is 1. The van der Waals surface area contributed by atoms with Gasteiger partial charge in [0.15, 0.2) is 0 Å². The molecule has 0 aliphatic rings. The highest BCUT2D eigenvalue weighted by molar-refractivity contribution is 6.30. The summed E-state index contributed by atoms with van der Waals surface area (Å²) in [5.74, 6) is -0.156. The Morgan fingerprint density at radius 1 is 1.14 bits per heavy atom. The normalized spacial score (nSPS) is 11.9. The van der Waals surface area contributed by atoms with E-state index in [0.717, 1.165) is 5.56 Å². The topological polar surface area (TPSA) is 58.6 Å². The molecule has 5 heteroatoms. The van der Waals surface area contributed by atoms with E-state index in [-0.39, 0.29) is 0 Å². The van der Waals surface area contributed by atoms with Crippen LogP contribution in [0.15, 0.2) is 54.6 Å². The van der Waals surface area contributed by atoms with E-state index in [1.165, 1.54) is 0 Å². The maximum atomic E-state index is 11.3. The van der Waals surface area contributed by atoms with Gasteiger partial charge in [-0.2, -0.15) is 0 Å². The van der Waals surface area contributed by atoms with E-state index >= 15 is 0 Å². The summed E-state index contributed by atoms with van der Waals surface area (Å²) in [5.41, 5.74) is 0.987. The first-order chi connectivity index (χ1) is 10.6. The summed E-state index contributed by atoms with van der Waals surface area (Å²) < 4.78 is 5.53. The number of rotatable bonds is 8. The summed E-state index contributed by atoms with van der Waals surface area (Å²) in [6.07, 6.45) is 0.442. The lowest BCUT2D eigenvalue weighted by Crippen LogP contribution is -2.40. The van der Waals surface area contributed by atoms with E-state index in [0.29, 0.717) is 30.3 Å². The highest BCUT2D eigenvalue weighted by Gasteiger charge is 2.16. The molecular weight excluding hydrogens is 302 g/mol. The Morgan fingerprint density at radius 3 is 2.45 bits per heavy atom. The van der Waals surface area contributed by atoms with Crippen LogP contribution in [0.5, 0.6) is 5.75 Å². The lowest BCUT2D eigenvalue weighted by Gasteiger charge is -2.15. The van der Waals surface area contributed by atoms with Gasteiger partial charge >= 0.3 is 5.97 Å². The minimum absolute atomic E-state index is 0.389. The number of halogens is 1. The van der Waals surface area contributed by atoms with Crippen LogP contribution in [0.4, 0.5) is 0 Å². The molecule has 1 unspecified atom stereocenters. The second-order valence-corrected chi connectivity index (χ2v) is 5.27. The number of carbonyl (C=O) groups is 1. The molecule has 4 nitrogen and oxygen atoms in total. The standard InChI is InChI=1S/C17H18ClNO3/c18-14-6-8-15(9-7-14)22-11-10-19-16(17(20)21)12-13-4-2-1-3-5-13/h1-9,16,19H,10-12H2,(H,20,21). The highest BCUT2D eigenvalue weighted by Crippen LogP contribution is 2.15. The number of carboxylic acids is 1. The van der Waals surface area contributed by atoms with Gasteiger partial charge in [-0.05, 0) is 36.2 Å². The Hall–Kier alpha value is -2.04. The quantitative estimate of drug-likeness (QED) is 0.734. The van der Waals surface area contributed by atoms with Crippen LogP contribution in [0, 0.1) is 0 Å². The van der Waals surface area contributed by atoms with Gasteiger partial charge in [0.05, 0.1) is 0 Å². The molecule has 0 saturated heterocycles. The van der Waals surface area contributed by atoms with Crippen LogP contribution in [-0.4, -0.2) is 30.3 Å². The molecule has 0 fully saturated rings. The molecule has 0 spiro atoms. The summed E-state index contributed by atoms with van der Waals surface area (Å²) in [5, 5.41) is 12.9. The van der Waals surface area contributed by atoms with Gasteiger partial charge in [-0.1, -0.05) is 41.9 Å². The van der Waals surface area contributed by atoms with E-state index in [4.69, 9.17) is 16.3 Å². The van der Waals surface area contributed by atoms with E-state index in [9.17, 15) is 9.90 Å². The molecule has 0 heterocycles. The van der Waals surface area contributed by atoms with Crippen LogP contribution < -0.4 is 10.1 Å². The minimum atomic E-state index is -0.865. The van der Waals surface area contributed by atoms with Crippen LogP contribution >= 0.6 is 11.6 Å². The van der Waals surface area contributed by atoms with Crippen LogP contribution in [0.2, 0.25) is 5.02 Å². The second kappa shape index (κ2) is 8.41. The van der Waals surface area contributed by atoms with Crippen molar-refractivity contribution in [3.8, 4) is 5.75 Å². The summed E-state index contributed by atoms with van der Waals surface area (Å²) >= 11 is 5.79. The lowest BCUT2D eigenvalue weighted by molar-refractivity contribution is -0.139. The fourth-order valence-electron chi connectivity index (χ4n) is 2.03. The largest absolute Gasteiger partial charge is 0.492 e. The number of benzene rings is 2. The predicted molar refractivity (Wildman–Crippen MR) is 86.5 cm³/mol. The first-order valence-corrected chi connectivity index (χ1v) is 7.41. The van der Waals surface area contributed by atoms with Gasteiger partial charge in [-0.15, -0.1) is 0 Å². The van der Waals surface area contributed by atoms with Crippen molar-refractivity contribution in [2.75, 3.05) is 13.2 Å². The Morgan fingerprint density at radius 2 is 1.82 bits per heavy atom. The molecule has 2 rings (SSSR count). The number of carboxylic acid groups (broad SMARTS) is 1. The van der Waals surface area contributed by atoms with Crippen LogP contribution in [-0.2, 0) is 11.2 Å². The molecule has 2 aromatic carbocycles. The van der Waals surface area contributed by atoms with Crippen molar-refractivity contribution >= 4 is 17.6 Å². The SMILES string of the molecule is O=C(O)C(Cc1ccccc1)NCCOc1ccc(Cl)cc1. The maximum absolute atomic E-state index is 11.3. The van der Waals surface area contributed by atoms with Crippen LogP contribution in [0.1, 0.15) is 5.56 Å². The molecule has 0 bridgehead atoms. The Balaban J connectivity index is 1.77. The smallest absolute Gasteiger partial charge is 0.321 e. The van der Waals surface area contributed by atoms with Crippen molar-refractivity contribution in [3.05, 3.63) is 65.2 Å². The van der Waals surface area contributed by atoms with E-state index in [1.807, 2.05) is 30.3 Å². The third-order valence-corrected chi connectivity index (χ3v) is 3.41. The highest BCUT2D eigenvalue weighted by atomic mass is 35.5. The molecule has 0 aliphatic heterocycles. The first kappa shape index (κ1) is 16.3. The number of ether oxygens (including phenoxy) is 1. The van der Waals surface area contributed by atoms with Gasteiger partial charge in [-0.3, -0.25) is 4.79 Å². The van der Waals surface area contributed by atoms with Crippen molar-refractivity contribution < 1.29 is 14.6 Å². The zero-order valence-corrected chi connectivity index (χ0v) is 12.8. The first-order valence-electron chi connectivity index (χ1n) is 7.03. The average Bonchev–Trinajstić information content (AvgIpc) is 2.53. The van der Waals surface area contributed by atoms with E-state index in [2.05, 4.69) is 5.32 Å². The predicted octanol–water partition coefficient (Wildman–Crippen LogP) is 3.00. The zero-order valence-electron chi connectivity index (χ0n) is 12.0. The number of hydrogen-bond acceptors (Lipinski definition) is 3. The Kier molecular flexibility index (Phi) is 6.25. The zero-order chi connectivity index (χ0) is 15.8. The number of hydrogen-bond donors (Lipinski definition) is 2. The third kappa shape index (κ3) is 5.39. The number of aliphatic carboxylic acids is 1. The molecule has 22 heavy (non-hydrogen) atoms. The fraction of sp³-hybridized carbons (Fsp3) is 0.235. The molecule has 2 aromatic rings. The molecular formula is C17H18ClNO3. The Bertz CT molecular complexity index is 587. The molecule has 0 amide bonds. The van der Waals surface area contributed by atoms with Crippen LogP contribution in [0.25, 0.3) is 0 Å². The molecule has 0 aromatic heterocycles. The summed E-state index contributed by atoms with van der Waals surface area (Å²) in [6.45, 7) is 0.840.